The zero-order valence-electron chi connectivity index (χ0n) is 6.25. The normalized spacial score (nSPS) is 10.9. The van der Waals surface area contributed by atoms with E-state index in [0.717, 1.165) is 15.8 Å². The van der Waals surface area contributed by atoms with Crippen molar-refractivity contribution in [3.8, 4) is 0 Å². The van der Waals surface area contributed by atoms with Gasteiger partial charge in [0.1, 0.15) is 10.1 Å². The molecule has 2 aromatic rings. The van der Waals surface area contributed by atoms with Gasteiger partial charge in [0.2, 0.25) is 5.28 Å². The fourth-order valence-corrected chi connectivity index (χ4v) is 1.49. The van der Waals surface area contributed by atoms with Crippen LogP contribution in [0.1, 0.15) is 0 Å². The minimum Gasteiger partial charge on any atom is -0.302 e. The van der Waals surface area contributed by atoms with Crippen LogP contribution in [0.15, 0.2) is 16.7 Å². The predicted molar refractivity (Wildman–Crippen MR) is 51.2 cm³/mol. The molecule has 0 N–H and O–H groups in total. The van der Waals surface area contributed by atoms with Gasteiger partial charge in [0, 0.05) is 7.05 Å². The number of aromatic nitrogens is 3. The molecule has 0 aliphatic heterocycles. The maximum absolute atomic E-state index is 5.80. The third-order valence-corrected chi connectivity index (χ3v) is 2.41. The van der Waals surface area contributed by atoms with Crippen molar-refractivity contribution < 1.29 is 0 Å². The second-order valence-corrected chi connectivity index (χ2v) is 3.57. The maximum Gasteiger partial charge on any atom is 0.204 e. The SMILES string of the molecule is Cn1c(Cl)nc2ccc(Br)nc21. The number of aryl methyl sites for hydroxylation is 1. The standard InChI is InChI=1S/C7H5BrClN3/c1-12-6-4(10-7(12)9)2-3-5(8)11-6/h2-3H,1H3. The maximum atomic E-state index is 5.80. The van der Waals surface area contributed by atoms with Gasteiger partial charge >= 0.3 is 0 Å². The summed E-state index contributed by atoms with van der Waals surface area (Å²) >= 11 is 9.08. The fraction of sp³-hybridized carbons (Fsp3) is 0.143. The van der Waals surface area contributed by atoms with Gasteiger partial charge < -0.3 is 4.57 Å². The minimum absolute atomic E-state index is 0.454. The highest BCUT2D eigenvalue weighted by Gasteiger charge is 2.05. The van der Waals surface area contributed by atoms with Crippen molar-refractivity contribution in [2.75, 3.05) is 0 Å². The number of halogens is 2. The van der Waals surface area contributed by atoms with E-state index < -0.39 is 0 Å². The fourth-order valence-electron chi connectivity index (χ4n) is 1.01. The van der Waals surface area contributed by atoms with E-state index in [-0.39, 0.29) is 0 Å². The van der Waals surface area contributed by atoms with Crippen LogP contribution in [-0.4, -0.2) is 14.5 Å². The lowest BCUT2D eigenvalue weighted by molar-refractivity contribution is 0.930. The molecule has 0 saturated carbocycles. The first-order valence-electron chi connectivity index (χ1n) is 3.33. The van der Waals surface area contributed by atoms with Gasteiger partial charge in [0.05, 0.1) is 0 Å². The summed E-state index contributed by atoms with van der Waals surface area (Å²) in [7, 11) is 1.83. The van der Waals surface area contributed by atoms with Gasteiger partial charge in [0.25, 0.3) is 0 Å². The molecular formula is C7H5BrClN3. The lowest BCUT2D eigenvalue weighted by Crippen LogP contribution is -1.89. The van der Waals surface area contributed by atoms with Gasteiger partial charge in [-0.3, -0.25) is 0 Å². The van der Waals surface area contributed by atoms with Crippen LogP contribution in [0.4, 0.5) is 0 Å². The number of fused-ring (bicyclic) bond motifs is 1. The molecule has 0 spiro atoms. The van der Waals surface area contributed by atoms with Crippen LogP contribution in [0.3, 0.4) is 0 Å². The van der Waals surface area contributed by atoms with E-state index in [1.165, 1.54) is 0 Å². The molecule has 0 amide bonds. The molecule has 0 atom stereocenters. The Balaban J connectivity index is 2.88. The molecule has 12 heavy (non-hydrogen) atoms. The molecule has 0 saturated heterocycles. The van der Waals surface area contributed by atoms with E-state index in [1.807, 2.05) is 19.2 Å². The van der Waals surface area contributed by atoms with E-state index >= 15 is 0 Å². The first-order valence-corrected chi connectivity index (χ1v) is 4.50. The number of nitrogens with zero attached hydrogens (tertiary/aromatic N) is 3. The van der Waals surface area contributed by atoms with Crippen molar-refractivity contribution in [2.45, 2.75) is 0 Å². The van der Waals surface area contributed by atoms with Crippen LogP contribution < -0.4 is 0 Å². The smallest absolute Gasteiger partial charge is 0.204 e. The number of pyridine rings is 1. The Kier molecular flexibility index (Phi) is 1.81. The molecular weight excluding hydrogens is 241 g/mol. The van der Waals surface area contributed by atoms with Crippen molar-refractivity contribution in [1.29, 1.82) is 0 Å². The number of rotatable bonds is 0. The summed E-state index contributed by atoms with van der Waals surface area (Å²) in [6, 6.07) is 3.71. The van der Waals surface area contributed by atoms with E-state index in [0.29, 0.717) is 5.28 Å². The lowest BCUT2D eigenvalue weighted by Gasteiger charge is -1.93. The number of hydrogen-bond donors (Lipinski definition) is 0. The average molecular weight is 246 g/mol. The summed E-state index contributed by atoms with van der Waals surface area (Å²) in [4.78, 5) is 8.33. The predicted octanol–water partition coefficient (Wildman–Crippen LogP) is 2.38. The molecule has 0 aliphatic carbocycles. The molecule has 0 aromatic carbocycles. The summed E-state index contributed by atoms with van der Waals surface area (Å²) in [6.07, 6.45) is 0. The first kappa shape index (κ1) is 8.01. The highest BCUT2D eigenvalue weighted by molar-refractivity contribution is 9.10. The second kappa shape index (κ2) is 2.71. The van der Waals surface area contributed by atoms with Crippen LogP contribution >= 0.6 is 27.5 Å². The Labute approximate surface area is 82.5 Å². The zero-order chi connectivity index (χ0) is 8.72. The van der Waals surface area contributed by atoms with Crippen molar-refractivity contribution in [3.05, 3.63) is 22.0 Å². The van der Waals surface area contributed by atoms with Crippen LogP contribution in [0.5, 0.6) is 0 Å². The van der Waals surface area contributed by atoms with Crippen molar-refractivity contribution in [1.82, 2.24) is 14.5 Å². The molecule has 0 bridgehead atoms. The van der Waals surface area contributed by atoms with Crippen LogP contribution in [0, 0.1) is 0 Å². The Morgan fingerprint density at radius 1 is 1.42 bits per heavy atom. The molecule has 62 valence electrons. The first-order chi connectivity index (χ1) is 5.68. The van der Waals surface area contributed by atoms with E-state index in [4.69, 9.17) is 11.6 Å². The summed E-state index contributed by atoms with van der Waals surface area (Å²) in [6.45, 7) is 0. The quantitative estimate of drug-likeness (QED) is 0.668. The molecule has 0 radical (unpaired) electrons. The summed E-state index contributed by atoms with van der Waals surface area (Å²) in [5, 5.41) is 0.454. The van der Waals surface area contributed by atoms with E-state index in [9.17, 15) is 0 Å². The van der Waals surface area contributed by atoms with Crippen molar-refractivity contribution in [2.24, 2.45) is 7.05 Å². The van der Waals surface area contributed by atoms with Crippen LogP contribution in [0.2, 0.25) is 5.28 Å². The van der Waals surface area contributed by atoms with Crippen molar-refractivity contribution in [3.63, 3.8) is 0 Å². The second-order valence-electron chi connectivity index (χ2n) is 2.42. The molecule has 3 nitrogen and oxygen atoms in total. The topological polar surface area (TPSA) is 30.7 Å². The molecule has 5 heteroatoms. The largest absolute Gasteiger partial charge is 0.302 e. The Hall–Kier alpha value is -0.610. The summed E-state index contributed by atoms with van der Waals surface area (Å²) in [5.74, 6) is 0. The number of imidazole rings is 1. The highest BCUT2D eigenvalue weighted by Crippen LogP contribution is 2.18. The molecule has 0 unspecified atom stereocenters. The molecule has 0 fully saturated rings. The lowest BCUT2D eigenvalue weighted by atomic mass is 10.4. The van der Waals surface area contributed by atoms with Gasteiger partial charge in [-0.05, 0) is 39.7 Å². The monoisotopic (exact) mass is 245 g/mol. The van der Waals surface area contributed by atoms with Gasteiger partial charge in [-0.1, -0.05) is 0 Å². The summed E-state index contributed by atoms with van der Waals surface area (Å²) in [5.41, 5.74) is 1.60. The average Bonchev–Trinajstić information content (AvgIpc) is 2.31. The molecule has 0 aliphatic rings. The third kappa shape index (κ3) is 1.11. The summed E-state index contributed by atoms with van der Waals surface area (Å²) < 4.78 is 2.52. The third-order valence-electron chi connectivity index (χ3n) is 1.63. The Bertz CT molecular complexity index is 437. The molecule has 2 heterocycles. The van der Waals surface area contributed by atoms with E-state index in [1.54, 1.807) is 4.57 Å². The minimum atomic E-state index is 0.454. The van der Waals surface area contributed by atoms with Gasteiger partial charge in [-0.25, -0.2) is 9.97 Å². The number of hydrogen-bond acceptors (Lipinski definition) is 2. The van der Waals surface area contributed by atoms with Gasteiger partial charge in [-0.15, -0.1) is 0 Å². The van der Waals surface area contributed by atoms with Gasteiger partial charge in [-0.2, -0.15) is 0 Å². The molecule has 2 rings (SSSR count). The highest BCUT2D eigenvalue weighted by atomic mass is 79.9. The van der Waals surface area contributed by atoms with Crippen LogP contribution in [-0.2, 0) is 7.05 Å². The Morgan fingerprint density at radius 3 is 2.92 bits per heavy atom. The van der Waals surface area contributed by atoms with Crippen molar-refractivity contribution >= 4 is 38.7 Å². The van der Waals surface area contributed by atoms with Crippen LogP contribution in [0.25, 0.3) is 11.2 Å². The Morgan fingerprint density at radius 2 is 2.17 bits per heavy atom. The van der Waals surface area contributed by atoms with E-state index in [2.05, 4.69) is 25.9 Å². The molecule has 2 aromatic heterocycles. The van der Waals surface area contributed by atoms with Gasteiger partial charge in [0.15, 0.2) is 5.65 Å². The zero-order valence-corrected chi connectivity index (χ0v) is 8.59.